The molecule has 0 aliphatic carbocycles. The molecule has 136 valence electrons. The standard InChI is InChI=1S/C17H28N2O4S/c1-6-23-11-7-10-18-17(20)15(4)19(24(5,21)22)16-12-13(2)8-9-14(16)3/h8-9,12,15H,6-7,10-11H2,1-5H3,(H,18,20)/t15-/m1/s1. The van der Waals surface area contributed by atoms with Crippen LogP contribution in [-0.2, 0) is 19.6 Å². The molecule has 0 saturated carbocycles. The van der Waals surface area contributed by atoms with E-state index in [0.29, 0.717) is 31.9 Å². The summed E-state index contributed by atoms with van der Waals surface area (Å²) in [5.41, 5.74) is 2.28. The highest BCUT2D eigenvalue weighted by Crippen LogP contribution is 2.26. The van der Waals surface area contributed by atoms with Gasteiger partial charge in [0.2, 0.25) is 15.9 Å². The van der Waals surface area contributed by atoms with Crippen molar-refractivity contribution >= 4 is 21.6 Å². The van der Waals surface area contributed by atoms with Crippen LogP contribution >= 0.6 is 0 Å². The zero-order valence-corrected chi connectivity index (χ0v) is 15.9. The Morgan fingerprint density at radius 3 is 2.58 bits per heavy atom. The molecule has 6 nitrogen and oxygen atoms in total. The van der Waals surface area contributed by atoms with Gasteiger partial charge in [-0.2, -0.15) is 0 Å². The molecule has 0 radical (unpaired) electrons. The molecule has 0 fully saturated rings. The quantitative estimate of drug-likeness (QED) is 0.687. The zero-order chi connectivity index (χ0) is 18.3. The molecule has 1 aromatic rings. The lowest BCUT2D eigenvalue weighted by atomic mass is 10.1. The van der Waals surface area contributed by atoms with E-state index in [0.717, 1.165) is 17.4 Å². The van der Waals surface area contributed by atoms with Crippen molar-refractivity contribution < 1.29 is 17.9 Å². The first-order valence-electron chi connectivity index (χ1n) is 8.10. The number of carbonyl (C=O) groups excluding carboxylic acids is 1. The van der Waals surface area contributed by atoms with Crippen molar-refractivity contribution in [3.63, 3.8) is 0 Å². The Kier molecular flexibility index (Phi) is 7.69. The van der Waals surface area contributed by atoms with Gasteiger partial charge >= 0.3 is 0 Å². The predicted octanol–water partition coefficient (Wildman–Crippen LogP) is 2.00. The Hall–Kier alpha value is -1.60. The number of hydrogen-bond acceptors (Lipinski definition) is 4. The second-order valence-corrected chi connectivity index (χ2v) is 7.73. The Balaban J connectivity index is 2.93. The lowest BCUT2D eigenvalue weighted by Crippen LogP contribution is -2.48. The van der Waals surface area contributed by atoms with Gasteiger partial charge in [0.15, 0.2) is 0 Å². The van der Waals surface area contributed by atoms with E-state index in [-0.39, 0.29) is 5.91 Å². The molecule has 1 aromatic carbocycles. The molecule has 0 unspecified atom stereocenters. The first-order valence-corrected chi connectivity index (χ1v) is 9.95. The van der Waals surface area contributed by atoms with Gasteiger partial charge < -0.3 is 10.1 Å². The van der Waals surface area contributed by atoms with E-state index >= 15 is 0 Å². The second kappa shape index (κ2) is 9.03. The van der Waals surface area contributed by atoms with Crippen molar-refractivity contribution in [2.45, 2.75) is 40.2 Å². The molecular formula is C17H28N2O4S. The van der Waals surface area contributed by atoms with Crippen LogP contribution in [0.2, 0.25) is 0 Å². The summed E-state index contributed by atoms with van der Waals surface area (Å²) < 4.78 is 31.0. The highest BCUT2D eigenvalue weighted by molar-refractivity contribution is 7.92. The molecule has 0 spiro atoms. The zero-order valence-electron chi connectivity index (χ0n) is 15.1. The fourth-order valence-corrected chi connectivity index (χ4v) is 3.64. The molecule has 0 aliphatic rings. The van der Waals surface area contributed by atoms with Crippen LogP contribution in [0.15, 0.2) is 18.2 Å². The molecule has 1 rings (SSSR count). The second-order valence-electron chi connectivity index (χ2n) is 5.87. The monoisotopic (exact) mass is 356 g/mol. The fourth-order valence-electron chi connectivity index (χ4n) is 2.42. The molecule has 0 heterocycles. The van der Waals surface area contributed by atoms with Crippen LogP contribution < -0.4 is 9.62 Å². The maximum absolute atomic E-state index is 12.4. The first-order chi connectivity index (χ1) is 11.2. The summed E-state index contributed by atoms with van der Waals surface area (Å²) >= 11 is 0. The summed E-state index contributed by atoms with van der Waals surface area (Å²) in [7, 11) is -3.59. The Morgan fingerprint density at radius 2 is 2.00 bits per heavy atom. The van der Waals surface area contributed by atoms with Gasteiger partial charge in [-0.1, -0.05) is 12.1 Å². The maximum Gasteiger partial charge on any atom is 0.243 e. The lowest BCUT2D eigenvalue weighted by Gasteiger charge is -2.29. The molecule has 0 bridgehead atoms. The molecule has 0 saturated heterocycles. The van der Waals surface area contributed by atoms with E-state index in [2.05, 4.69) is 5.32 Å². The number of ether oxygens (including phenoxy) is 1. The minimum atomic E-state index is -3.59. The molecule has 1 N–H and O–H groups in total. The van der Waals surface area contributed by atoms with Gasteiger partial charge in [-0.25, -0.2) is 8.42 Å². The fraction of sp³-hybridized carbons (Fsp3) is 0.588. The van der Waals surface area contributed by atoms with Crippen LogP contribution in [0.4, 0.5) is 5.69 Å². The minimum Gasteiger partial charge on any atom is -0.382 e. The minimum absolute atomic E-state index is 0.321. The number of sulfonamides is 1. The van der Waals surface area contributed by atoms with E-state index in [4.69, 9.17) is 4.74 Å². The van der Waals surface area contributed by atoms with Crippen molar-refractivity contribution in [3.05, 3.63) is 29.3 Å². The van der Waals surface area contributed by atoms with E-state index < -0.39 is 16.1 Å². The Morgan fingerprint density at radius 1 is 1.33 bits per heavy atom. The van der Waals surface area contributed by atoms with Gasteiger partial charge in [0.25, 0.3) is 0 Å². The largest absolute Gasteiger partial charge is 0.382 e. The summed E-state index contributed by atoms with van der Waals surface area (Å²) in [5, 5.41) is 2.77. The van der Waals surface area contributed by atoms with Gasteiger partial charge in [-0.05, 0) is 51.3 Å². The predicted molar refractivity (Wildman–Crippen MR) is 96.8 cm³/mol. The van der Waals surface area contributed by atoms with Crippen LogP contribution in [-0.4, -0.2) is 46.4 Å². The van der Waals surface area contributed by atoms with Crippen molar-refractivity contribution in [1.29, 1.82) is 0 Å². The van der Waals surface area contributed by atoms with E-state index in [1.807, 2.05) is 32.9 Å². The van der Waals surface area contributed by atoms with Crippen LogP contribution in [0.1, 0.15) is 31.4 Å². The summed E-state index contributed by atoms with van der Waals surface area (Å²) in [5.74, 6) is -0.321. The number of nitrogens with one attached hydrogen (secondary N) is 1. The molecule has 1 atom stereocenters. The number of nitrogens with zero attached hydrogens (tertiary/aromatic N) is 1. The summed E-state index contributed by atoms with van der Waals surface area (Å²) in [6, 6.07) is 4.73. The first kappa shape index (κ1) is 20.4. The molecule has 0 aromatic heterocycles. The number of carbonyl (C=O) groups is 1. The lowest BCUT2D eigenvalue weighted by molar-refractivity contribution is -0.121. The van der Waals surface area contributed by atoms with Crippen LogP contribution in [0.25, 0.3) is 0 Å². The number of amides is 1. The normalized spacial score (nSPS) is 12.7. The average Bonchev–Trinajstić information content (AvgIpc) is 2.49. The summed E-state index contributed by atoms with van der Waals surface area (Å²) in [6.07, 6.45) is 1.81. The van der Waals surface area contributed by atoms with Gasteiger partial charge in [0.1, 0.15) is 6.04 Å². The van der Waals surface area contributed by atoms with Gasteiger partial charge in [-0.15, -0.1) is 0 Å². The number of hydrogen-bond donors (Lipinski definition) is 1. The average molecular weight is 356 g/mol. The third-order valence-electron chi connectivity index (χ3n) is 3.66. The van der Waals surface area contributed by atoms with E-state index in [9.17, 15) is 13.2 Å². The smallest absolute Gasteiger partial charge is 0.243 e. The van der Waals surface area contributed by atoms with E-state index in [1.165, 1.54) is 4.31 Å². The van der Waals surface area contributed by atoms with Crippen molar-refractivity contribution in [2.75, 3.05) is 30.3 Å². The number of benzene rings is 1. The van der Waals surface area contributed by atoms with Crippen molar-refractivity contribution in [3.8, 4) is 0 Å². The number of anilines is 1. The Bertz CT molecular complexity index is 659. The highest BCUT2D eigenvalue weighted by atomic mass is 32.2. The SMILES string of the molecule is CCOCCCNC(=O)[C@@H](C)N(c1cc(C)ccc1C)S(C)(=O)=O. The van der Waals surface area contributed by atoms with Gasteiger partial charge in [0.05, 0.1) is 11.9 Å². The maximum atomic E-state index is 12.4. The van der Waals surface area contributed by atoms with Crippen LogP contribution in [0, 0.1) is 13.8 Å². The Labute approximate surface area is 145 Å². The van der Waals surface area contributed by atoms with Crippen molar-refractivity contribution in [2.24, 2.45) is 0 Å². The highest BCUT2D eigenvalue weighted by Gasteiger charge is 2.29. The van der Waals surface area contributed by atoms with Crippen LogP contribution in [0.3, 0.4) is 0 Å². The molecule has 1 amide bonds. The molecule has 7 heteroatoms. The topological polar surface area (TPSA) is 75.7 Å². The third kappa shape index (κ3) is 5.79. The van der Waals surface area contributed by atoms with Crippen LogP contribution in [0.5, 0.6) is 0 Å². The molecular weight excluding hydrogens is 328 g/mol. The number of rotatable bonds is 9. The van der Waals surface area contributed by atoms with Gasteiger partial charge in [-0.3, -0.25) is 9.10 Å². The molecule has 24 heavy (non-hydrogen) atoms. The summed E-state index contributed by atoms with van der Waals surface area (Å²) in [4.78, 5) is 12.4. The number of aryl methyl sites for hydroxylation is 2. The van der Waals surface area contributed by atoms with E-state index in [1.54, 1.807) is 13.0 Å². The van der Waals surface area contributed by atoms with Crippen molar-refractivity contribution in [1.82, 2.24) is 5.32 Å². The molecule has 0 aliphatic heterocycles. The van der Waals surface area contributed by atoms with Gasteiger partial charge in [0, 0.05) is 19.8 Å². The third-order valence-corrected chi connectivity index (χ3v) is 4.89. The summed E-state index contributed by atoms with van der Waals surface area (Å²) in [6.45, 7) is 8.89.